The fraction of sp³-hybridized carbons (Fsp3) is 0.182. The van der Waals surface area contributed by atoms with Gasteiger partial charge in [-0.05, 0) is 24.6 Å². The van der Waals surface area contributed by atoms with Crippen molar-refractivity contribution in [3.8, 4) is 12.1 Å². The van der Waals surface area contributed by atoms with Gasteiger partial charge in [-0.1, -0.05) is 18.2 Å². The molecule has 4 aromatic rings. The number of imidazole rings is 1. The van der Waals surface area contributed by atoms with E-state index in [4.69, 9.17) is 5.26 Å². The van der Waals surface area contributed by atoms with Crippen LogP contribution in [0.2, 0.25) is 0 Å². The summed E-state index contributed by atoms with van der Waals surface area (Å²) in [5.41, 5.74) is 1.51. The number of benzene rings is 1. The topological polar surface area (TPSA) is 129 Å². The molecule has 0 saturated heterocycles. The second kappa shape index (κ2) is 7.52. The number of rotatable bonds is 4. The number of nitrogens with zero attached hydrogens (tertiary/aromatic N) is 6. The summed E-state index contributed by atoms with van der Waals surface area (Å²) in [4.78, 5) is 8.77. The third-order valence-corrected chi connectivity index (χ3v) is 7.25. The molecule has 3 aromatic heterocycles. The van der Waals surface area contributed by atoms with E-state index in [2.05, 4.69) is 27.4 Å². The molecule has 158 valence electrons. The van der Waals surface area contributed by atoms with Gasteiger partial charge in [-0.15, -0.1) is 0 Å². The first-order valence-electron chi connectivity index (χ1n) is 9.94. The first kappa shape index (κ1) is 19.8. The minimum absolute atomic E-state index is 0.0248. The van der Waals surface area contributed by atoms with Crippen molar-refractivity contribution >= 4 is 26.7 Å². The van der Waals surface area contributed by atoms with Crippen LogP contribution in [-0.2, 0) is 23.0 Å². The van der Waals surface area contributed by atoms with Crippen LogP contribution >= 0.6 is 0 Å². The summed E-state index contributed by atoms with van der Waals surface area (Å²) >= 11 is 0. The predicted octanol–water partition coefficient (Wildman–Crippen LogP) is 2.64. The van der Waals surface area contributed by atoms with E-state index in [1.165, 1.54) is 24.5 Å². The van der Waals surface area contributed by atoms with Gasteiger partial charge in [0.05, 0.1) is 16.1 Å². The fourth-order valence-corrected chi connectivity index (χ4v) is 5.34. The lowest BCUT2D eigenvalue weighted by Gasteiger charge is -2.25. The average Bonchev–Trinajstić information content (AvgIpc) is 3.44. The van der Waals surface area contributed by atoms with E-state index in [1.807, 2.05) is 4.57 Å². The Bertz CT molecular complexity index is 1520. The summed E-state index contributed by atoms with van der Waals surface area (Å²) in [6.07, 6.45) is 5.94. The van der Waals surface area contributed by atoms with Gasteiger partial charge in [-0.25, -0.2) is 22.4 Å². The normalized spacial score (nSPS) is 15.6. The summed E-state index contributed by atoms with van der Waals surface area (Å²) < 4.78 is 29.4. The average molecular weight is 443 g/mol. The van der Waals surface area contributed by atoms with Gasteiger partial charge in [0, 0.05) is 43.0 Å². The zero-order valence-electron chi connectivity index (χ0n) is 16.8. The number of hydrogen-bond acceptors (Lipinski definition) is 7. The lowest BCUT2D eigenvalue weighted by atomic mass is 10.0. The molecule has 5 rings (SSSR count). The monoisotopic (exact) mass is 443 g/mol. The number of hydrogen-bond donors (Lipinski definition) is 1. The highest BCUT2D eigenvalue weighted by atomic mass is 32.2. The van der Waals surface area contributed by atoms with E-state index >= 15 is 0 Å². The number of nitrogens with one attached hydrogen (secondary N) is 1. The van der Waals surface area contributed by atoms with E-state index in [-0.39, 0.29) is 16.6 Å². The molecule has 1 aliphatic rings. The minimum Gasteiger partial charge on any atom is -0.380 e. The van der Waals surface area contributed by atoms with E-state index in [0.29, 0.717) is 35.3 Å². The molecular weight excluding hydrogens is 426 g/mol. The molecule has 1 aliphatic heterocycles. The van der Waals surface area contributed by atoms with Crippen LogP contribution in [0, 0.1) is 22.7 Å². The van der Waals surface area contributed by atoms with E-state index in [9.17, 15) is 13.7 Å². The molecule has 0 aliphatic carbocycles. The van der Waals surface area contributed by atoms with Gasteiger partial charge >= 0.3 is 0 Å². The number of aryl methyl sites for hydroxylation is 1. The Balaban J connectivity index is 1.54. The zero-order valence-corrected chi connectivity index (χ0v) is 17.6. The molecule has 1 aromatic carbocycles. The summed E-state index contributed by atoms with van der Waals surface area (Å²) in [7, 11) is -3.83. The number of pyridine rings is 1. The van der Waals surface area contributed by atoms with Crippen LogP contribution in [0.15, 0.2) is 59.9 Å². The molecule has 4 heterocycles. The molecular formula is C22H17N7O2S. The molecule has 0 radical (unpaired) electrons. The molecule has 1 N–H and O–H groups in total. The Kier molecular flexibility index (Phi) is 4.65. The maximum Gasteiger partial charge on any atom is 0.269 e. The Morgan fingerprint density at radius 1 is 1.12 bits per heavy atom. The number of anilines is 1. The second-order valence-electron chi connectivity index (χ2n) is 7.51. The van der Waals surface area contributed by atoms with Crippen molar-refractivity contribution in [3.05, 3.63) is 72.1 Å². The van der Waals surface area contributed by atoms with E-state index in [0.717, 1.165) is 16.2 Å². The highest BCUT2D eigenvalue weighted by Gasteiger charge is 2.25. The fourth-order valence-electron chi connectivity index (χ4n) is 4.01. The second-order valence-corrected chi connectivity index (χ2v) is 9.32. The lowest BCUT2D eigenvalue weighted by molar-refractivity contribution is 0.484. The highest BCUT2D eigenvalue weighted by Crippen LogP contribution is 2.31. The maximum atomic E-state index is 13.1. The van der Waals surface area contributed by atoms with Crippen molar-refractivity contribution in [2.75, 3.05) is 5.32 Å². The molecule has 0 bridgehead atoms. The zero-order chi connectivity index (χ0) is 22.3. The summed E-state index contributed by atoms with van der Waals surface area (Å²) in [5, 5.41) is 22.7. The van der Waals surface area contributed by atoms with Crippen LogP contribution in [0.3, 0.4) is 0 Å². The van der Waals surface area contributed by atoms with Crippen molar-refractivity contribution in [1.82, 2.24) is 18.5 Å². The van der Waals surface area contributed by atoms with Crippen LogP contribution in [0.5, 0.6) is 0 Å². The third kappa shape index (κ3) is 3.18. The van der Waals surface area contributed by atoms with Gasteiger partial charge in [0.15, 0.2) is 11.3 Å². The Morgan fingerprint density at radius 2 is 1.94 bits per heavy atom. The van der Waals surface area contributed by atoms with Crippen molar-refractivity contribution in [1.29, 1.82) is 10.5 Å². The molecule has 1 unspecified atom stereocenters. The van der Waals surface area contributed by atoms with Gasteiger partial charge in [0.25, 0.3) is 10.0 Å². The first-order valence-corrected chi connectivity index (χ1v) is 11.4. The smallest absolute Gasteiger partial charge is 0.269 e. The van der Waals surface area contributed by atoms with Gasteiger partial charge < -0.3 is 9.88 Å². The SMILES string of the molecule is N#Cc1cn2c(n1)CC(Nc1c(C#N)cnc3c1ccn3S(=O)(=O)c1ccccc1)CC2. The molecule has 9 nitrogen and oxygen atoms in total. The van der Waals surface area contributed by atoms with Crippen LogP contribution in [0.1, 0.15) is 23.5 Å². The van der Waals surface area contributed by atoms with Gasteiger partial charge in [-0.2, -0.15) is 10.5 Å². The quantitative estimate of drug-likeness (QED) is 0.513. The van der Waals surface area contributed by atoms with Crippen molar-refractivity contribution in [2.45, 2.75) is 30.3 Å². The Morgan fingerprint density at radius 3 is 2.69 bits per heavy atom. The highest BCUT2D eigenvalue weighted by molar-refractivity contribution is 7.90. The van der Waals surface area contributed by atoms with Crippen LogP contribution in [-0.4, -0.2) is 33.0 Å². The van der Waals surface area contributed by atoms with Gasteiger partial charge in [0.2, 0.25) is 0 Å². The number of nitriles is 2. The lowest BCUT2D eigenvalue weighted by Crippen LogP contribution is -2.30. The third-order valence-electron chi connectivity index (χ3n) is 5.57. The first-order chi connectivity index (χ1) is 15.5. The summed E-state index contributed by atoms with van der Waals surface area (Å²) in [6.45, 7) is 0.696. The number of aromatic nitrogens is 4. The summed E-state index contributed by atoms with van der Waals surface area (Å²) in [5.74, 6) is 0.804. The Labute approximate surface area is 184 Å². The largest absolute Gasteiger partial charge is 0.380 e. The van der Waals surface area contributed by atoms with Crippen molar-refractivity contribution < 1.29 is 8.42 Å². The van der Waals surface area contributed by atoms with Crippen LogP contribution in [0.4, 0.5) is 5.69 Å². The van der Waals surface area contributed by atoms with Crippen molar-refractivity contribution in [3.63, 3.8) is 0 Å². The van der Waals surface area contributed by atoms with Crippen molar-refractivity contribution in [2.24, 2.45) is 0 Å². The maximum absolute atomic E-state index is 13.1. The molecule has 0 amide bonds. The summed E-state index contributed by atoms with van der Waals surface area (Å²) in [6, 6.07) is 14.0. The molecule has 0 spiro atoms. The van der Waals surface area contributed by atoms with Gasteiger partial charge in [0.1, 0.15) is 18.0 Å². The standard InChI is InChI=1S/C22H17N7O2S/c23-11-15-13-25-22-19(7-9-29(22)32(30,31)18-4-2-1-3-5-18)21(15)27-16-6-8-28-14-17(12-24)26-20(28)10-16/h1-5,7,9,13-14,16H,6,8,10H2,(H,25,27). The van der Waals surface area contributed by atoms with Crippen LogP contribution < -0.4 is 5.32 Å². The Hall–Kier alpha value is -4.15. The van der Waals surface area contributed by atoms with E-state index < -0.39 is 10.0 Å². The molecule has 10 heteroatoms. The predicted molar refractivity (Wildman–Crippen MR) is 116 cm³/mol. The molecule has 0 saturated carbocycles. The molecule has 0 fully saturated rings. The molecule has 32 heavy (non-hydrogen) atoms. The molecule has 1 atom stereocenters. The van der Waals surface area contributed by atoms with Gasteiger partial charge in [-0.3, -0.25) is 0 Å². The van der Waals surface area contributed by atoms with Crippen LogP contribution in [0.25, 0.3) is 11.0 Å². The minimum atomic E-state index is -3.83. The van der Waals surface area contributed by atoms with E-state index in [1.54, 1.807) is 30.5 Å². The number of fused-ring (bicyclic) bond motifs is 2.